The predicted octanol–water partition coefficient (Wildman–Crippen LogP) is 2.88. The Labute approximate surface area is 146 Å². The Bertz CT molecular complexity index is 704. The summed E-state index contributed by atoms with van der Waals surface area (Å²) in [5.41, 5.74) is -0.427. The van der Waals surface area contributed by atoms with Gasteiger partial charge >= 0.3 is 12.1 Å². The highest BCUT2D eigenvalue weighted by molar-refractivity contribution is 5.86. The highest BCUT2D eigenvalue weighted by Crippen LogP contribution is 2.29. The molecule has 0 heterocycles. The summed E-state index contributed by atoms with van der Waals surface area (Å²) in [4.78, 5) is 25.7. The summed E-state index contributed by atoms with van der Waals surface area (Å²) in [6, 6.07) is 17.7. The molecule has 1 N–H and O–H groups in total. The Morgan fingerprint density at radius 2 is 1.60 bits per heavy atom. The molecule has 0 aliphatic rings. The predicted molar refractivity (Wildman–Crippen MR) is 92.0 cm³/mol. The lowest BCUT2D eigenvalue weighted by Crippen LogP contribution is -2.55. The highest BCUT2D eigenvalue weighted by Gasteiger charge is 2.47. The number of hydrogen-bond donors (Lipinski definition) is 1. The Morgan fingerprint density at radius 1 is 1.04 bits per heavy atom. The first-order valence-corrected chi connectivity index (χ1v) is 7.74. The molecule has 1 atom stereocenters. The van der Waals surface area contributed by atoms with Gasteiger partial charge in [0.25, 0.3) is 0 Å². The zero-order valence-corrected chi connectivity index (χ0v) is 14.2. The minimum absolute atomic E-state index is 0.0570. The fourth-order valence-corrected chi connectivity index (χ4v) is 2.60. The van der Waals surface area contributed by atoms with Gasteiger partial charge in [0, 0.05) is 14.2 Å². The lowest BCUT2D eigenvalue weighted by atomic mass is 9.89. The summed E-state index contributed by atoms with van der Waals surface area (Å²) in [6.45, 7) is -0.148. The van der Waals surface area contributed by atoms with E-state index in [0.717, 1.165) is 10.5 Å². The third-order valence-corrected chi connectivity index (χ3v) is 4.01. The molecule has 132 valence electrons. The molecule has 2 aromatic carbocycles. The number of likely N-dealkylation sites (N-methyl/N-ethyl adjacent to an activating group) is 1. The molecular weight excluding hydrogens is 322 g/mol. The number of rotatable bonds is 7. The number of benzene rings is 2. The van der Waals surface area contributed by atoms with Crippen LogP contribution in [0.4, 0.5) is 4.79 Å². The molecule has 0 fully saturated rings. The molecule has 1 amide bonds. The van der Waals surface area contributed by atoms with Crippen molar-refractivity contribution in [1.29, 1.82) is 0 Å². The number of carboxylic acids is 1. The molecule has 0 bridgehead atoms. The minimum Gasteiger partial charge on any atom is -0.479 e. The maximum atomic E-state index is 12.5. The van der Waals surface area contributed by atoms with Crippen LogP contribution in [0.25, 0.3) is 0 Å². The summed E-state index contributed by atoms with van der Waals surface area (Å²) in [6.07, 6.45) is -0.743. The topological polar surface area (TPSA) is 76.1 Å². The van der Waals surface area contributed by atoms with Crippen LogP contribution < -0.4 is 0 Å². The van der Waals surface area contributed by atoms with Crippen LogP contribution in [0.1, 0.15) is 11.1 Å². The second kappa shape index (κ2) is 8.30. The van der Waals surface area contributed by atoms with Crippen molar-refractivity contribution in [3.05, 3.63) is 71.8 Å². The average Bonchev–Trinajstić information content (AvgIpc) is 2.65. The molecule has 2 rings (SSSR count). The van der Waals surface area contributed by atoms with E-state index in [1.54, 1.807) is 30.3 Å². The SMILES string of the molecule is COCC(C(=O)O)(c1ccccc1)N(C)C(=O)OCc1ccccc1. The van der Waals surface area contributed by atoms with Gasteiger partial charge < -0.3 is 14.6 Å². The first-order chi connectivity index (χ1) is 12.0. The van der Waals surface area contributed by atoms with E-state index in [1.807, 2.05) is 30.3 Å². The van der Waals surface area contributed by atoms with Gasteiger partial charge in [0.15, 0.2) is 5.54 Å². The van der Waals surface area contributed by atoms with E-state index >= 15 is 0 Å². The van der Waals surface area contributed by atoms with Crippen molar-refractivity contribution < 1.29 is 24.2 Å². The molecule has 0 saturated carbocycles. The summed E-state index contributed by atoms with van der Waals surface area (Å²) in [5.74, 6) is -1.19. The van der Waals surface area contributed by atoms with E-state index in [1.165, 1.54) is 14.2 Å². The van der Waals surface area contributed by atoms with Gasteiger partial charge in [-0.3, -0.25) is 4.90 Å². The third kappa shape index (κ3) is 3.97. The fraction of sp³-hybridized carbons (Fsp3) is 0.263. The van der Waals surface area contributed by atoms with E-state index in [9.17, 15) is 14.7 Å². The lowest BCUT2D eigenvalue weighted by molar-refractivity contribution is -0.154. The zero-order chi connectivity index (χ0) is 18.3. The van der Waals surface area contributed by atoms with Crippen molar-refractivity contribution >= 4 is 12.1 Å². The average molecular weight is 343 g/mol. The van der Waals surface area contributed by atoms with Crippen LogP contribution in [0.3, 0.4) is 0 Å². The van der Waals surface area contributed by atoms with Gasteiger partial charge in [0.2, 0.25) is 0 Å². The number of carbonyl (C=O) groups is 2. The van der Waals surface area contributed by atoms with Gasteiger partial charge in [-0.2, -0.15) is 0 Å². The molecule has 25 heavy (non-hydrogen) atoms. The summed E-state index contributed by atoms with van der Waals surface area (Å²) >= 11 is 0. The summed E-state index contributed by atoms with van der Waals surface area (Å²) < 4.78 is 10.4. The van der Waals surface area contributed by atoms with Gasteiger partial charge in [0.1, 0.15) is 6.61 Å². The number of carboxylic acid groups (broad SMARTS) is 1. The number of methoxy groups -OCH3 is 1. The van der Waals surface area contributed by atoms with Gasteiger partial charge in [-0.05, 0) is 11.1 Å². The fourth-order valence-electron chi connectivity index (χ4n) is 2.60. The zero-order valence-electron chi connectivity index (χ0n) is 14.2. The molecule has 6 heteroatoms. The molecule has 6 nitrogen and oxygen atoms in total. The molecule has 0 radical (unpaired) electrons. The third-order valence-electron chi connectivity index (χ3n) is 4.01. The smallest absolute Gasteiger partial charge is 0.411 e. The van der Waals surface area contributed by atoms with E-state index in [0.29, 0.717) is 5.56 Å². The van der Waals surface area contributed by atoms with E-state index in [2.05, 4.69) is 0 Å². The summed E-state index contributed by atoms with van der Waals surface area (Å²) in [5, 5.41) is 9.88. The number of carbonyl (C=O) groups excluding carboxylic acids is 1. The van der Waals surface area contributed by atoms with Crippen LogP contribution in [0.15, 0.2) is 60.7 Å². The molecule has 0 aliphatic carbocycles. The first-order valence-electron chi connectivity index (χ1n) is 7.74. The van der Waals surface area contributed by atoms with Crippen LogP contribution >= 0.6 is 0 Å². The number of hydrogen-bond acceptors (Lipinski definition) is 4. The van der Waals surface area contributed by atoms with Crippen LogP contribution in [-0.4, -0.2) is 42.8 Å². The van der Waals surface area contributed by atoms with Crippen molar-refractivity contribution in [3.8, 4) is 0 Å². The van der Waals surface area contributed by atoms with Gasteiger partial charge in [0.05, 0.1) is 6.61 Å². The first kappa shape index (κ1) is 18.5. The van der Waals surface area contributed by atoms with Crippen LogP contribution in [-0.2, 0) is 26.4 Å². The quantitative estimate of drug-likeness (QED) is 0.836. The maximum absolute atomic E-state index is 12.5. The standard InChI is InChI=1S/C19H21NO5/c1-20(18(23)25-13-15-9-5-3-6-10-15)19(14-24-2,17(21)22)16-11-7-4-8-12-16/h3-12H,13-14H2,1-2H3,(H,21,22). The molecule has 0 saturated heterocycles. The molecule has 2 aromatic rings. The van der Waals surface area contributed by atoms with Gasteiger partial charge in [-0.1, -0.05) is 60.7 Å². The monoisotopic (exact) mass is 343 g/mol. The molecular formula is C19H21NO5. The maximum Gasteiger partial charge on any atom is 0.411 e. The van der Waals surface area contributed by atoms with Crippen molar-refractivity contribution in [2.24, 2.45) is 0 Å². The number of ether oxygens (including phenoxy) is 2. The van der Waals surface area contributed by atoms with Crippen molar-refractivity contribution in [1.82, 2.24) is 4.90 Å². The second-order valence-electron chi connectivity index (χ2n) is 5.56. The van der Waals surface area contributed by atoms with Crippen LogP contribution in [0.2, 0.25) is 0 Å². The van der Waals surface area contributed by atoms with Gasteiger partial charge in [-0.25, -0.2) is 9.59 Å². The Kier molecular flexibility index (Phi) is 6.14. The van der Waals surface area contributed by atoms with Crippen molar-refractivity contribution in [2.75, 3.05) is 20.8 Å². The second-order valence-corrected chi connectivity index (χ2v) is 5.56. The van der Waals surface area contributed by atoms with Crippen LogP contribution in [0.5, 0.6) is 0 Å². The van der Waals surface area contributed by atoms with Crippen LogP contribution in [0, 0.1) is 0 Å². The highest BCUT2D eigenvalue weighted by atomic mass is 16.6. The Hall–Kier alpha value is -2.86. The molecule has 0 spiro atoms. The van der Waals surface area contributed by atoms with Crippen molar-refractivity contribution in [2.45, 2.75) is 12.1 Å². The summed E-state index contributed by atoms with van der Waals surface area (Å²) in [7, 11) is 2.79. The molecule has 1 unspecified atom stereocenters. The number of amides is 1. The van der Waals surface area contributed by atoms with E-state index in [-0.39, 0.29) is 13.2 Å². The number of aliphatic carboxylic acids is 1. The molecule has 0 aromatic heterocycles. The van der Waals surface area contributed by atoms with E-state index < -0.39 is 17.6 Å². The number of nitrogens with zero attached hydrogens (tertiary/aromatic N) is 1. The lowest BCUT2D eigenvalue weighted by Gasteiger charge is -2.37. The molecule has 0 aliphatic heterocycles. The van der Waals surface area contributed by atoms with Crippen molar-refractivity contribution in [3.63, 3.8) is 0 Å². The normalized spacial score (nSPS) is 12.9. The Balaban J connectivity index is 2.27. The minimum atomic E-state index is -1.68. The van der Waals surface area contributed by atoms with Gasteiger partial charge in [-0.15, -0.1) is 0 Å². The Morgan fingerprint density at radius 3 is 2.12 bits per heavy atom. The largest absolute Gasteiger partial charge is 0.479 e. The van der Waals surface area contributed by atoms with E-state index in [4.69, 9.17) is 9.47 Å².